The van der Waals surface area contributed by atoms with Gasteiger partial charge in [0.1, 0.15) is 0 Å². The Morgan fingerprint density at radius 1 is 1.29 bits per heavy atom. The molecule has 0 aliphatic rings. The molecule has 1 amide bonds. The van der Waals surface area contributed by atoms with Crippen LogP contribution >= 0.6 is 0 Å². The van der Waals surface area contributed by atoms with E-state index < -0.39 is 6.09 Å². The fourth-order valence-electron chi connectivity index (χ4n) is 1.15. The Hall–Kier alpha value is -1.55. The SMILES string of the molecule is CC.CO.Cc1ccccc1CCOC(N)=O. The number of amides is 1. The Morgan fingerprint density at radius 3 is 2.29 bits per heavy atom. The molecule has 0 bridgehead atoms. The van der Waals surface area contributed by atoms with E-state index in [0.717, 1.165) is 13.5 Å². The number of aliphatic hydroxyl groups excluding tert-OH is 1. The Morgan fingerprint density at radius 2 is 1.82 bits per heavy atom. The summed E-state index contributed by atoms with van der Waals surface area (Å²) in [4.78, 5) is 10.3. The quantitative estimate of drug-likeness (QED) is 0.852. The van der Waals surface area contributed by atoms with Crippen LogP contribution in [0.1, 0.15) is 25.0 Å². The molecule has 0 aliphatic carbocycles. The average Bonchev–Trinajstić information content (AvgIpc) is 2.36. The van der Waals surface area contributed by atoms with Gasteiger partial charge >= 0.3 is 6.09 Å². The Labute approximate surface area is 103 Å². The number of nitrogens with two attached hydrogens (primary N) is 1. The highest BCUT2D eigenvalue weighted by Gasteiger charge is 1.98. The molecule has 0 spiro atoms. The number of hydrogen-bond donors (Lipinski definition) is 2. The first-order valence-corrected chi connectivity index (χ1v) is 5.61. The number of carbonyl (C=O) groups excluding carboxylic acids is 1. The summed E-state index contributed by atoms with van der Waals surface area (Å²) in [7, 11) is 1.00. The Bertz CT molecular complexity index is 300. The van der Waals surface area contributed by atoms with E-state index in [4.69, 9.17) is 10.8 Å². The van der Waals surface area contributed by atoms with E-state index in [2.05, 4.69) is 4.74 Å². The molecule has 17 heavy (non-hydrogen) atoms. The molecule has 1 rings (SSSR count). The van der Waals surface area contributed by atoms with Gasteiger partial charge in [0.15, 0.2) is 0 Å². The number of benzene rings is 1. The van der Waals surface area contributed by atoms with Crippen molar-refractivity contribution in [2.24, 2.45) is 5.73 Å². The van der Waals surface area contributed by atoms with Gasteiger partial charge in [-0.15, -0.1) is 0 Å². The average molecular weight is 241 g/mol. The molecular formula is C13H23NO3. The molecule has 4 heteroatoms. The monoisotopic (exact) mass is 241 g/mol. The third-order valence-corrected chi connectivity index (χ3v) is 1.88. The number of ether oxygens (including phenoxy) is 1. The highest BCUT2D eigenvalue weighted by molar-refractivity contribution is 5.64. The molecular weight excluding hydrogens is 218 g/mol. The summed E-state index contributed by atoms with van der Waals surface area (Å²) in [6.45, 7) is 6.37. The van der Waals surface area contributed by atoms with Crippen molar-refractivity contribution in [3.8, 4) is 0 Å². The van der Waals surface area contributed by atoms with E-state index in [9.17, 15) is 4.79 Å². The van der Waals surface area contributed by atoms with Gasteiger partial charge in [0.25, 0.3) is 0 Å². The minimum atomic E-state index is -0.714. The molecule has 0 saturated heterocycles. The summed E-state index contributed by atoms with van der Waals surface area (Å²) in [5.41, 5.74) is 7.22. The van der Waals surface area contributed by atoms with Crippen LogP contribution in [0.4, 0.5) is 4.79 Å². The van der Waals surface area contributed by atoms with Crippen molar-refractivity contribution < 1.29 is 14.6 Å². The molecule has 0 atom stereocenters. The third-order valence-electron chi connectivity index (χ3n) is 1.88. The minimum Gasteiger partial charge on any atom is -0.449 e. The molecule has 0 heterocycles. The van der Waals surface area contributed by atoms with Gasteiger partial charge in [0, 0.05) is 13.5 Å². The molecule has 0 fully saturated rings. The zero-order chi connectivity index (χ0) is 13.7. The second-order valence-electron chi connectivity index (χ2n) is 2.84. The maximum atomic E-state index is 10.3. The summed E-state index contributed by atoms with van der Waals surface area (Å²) in [6.07, 6.45) is 0.00360. The lowest BCUT2D eigenvalue weighted by molar-refractivity contribution is 0.158. The normalized spacial score (nSPS) is 8.06. The Kier molecular flexibility index (Phi) is 13.1. The second kappa shape index (κ2) is 12.5. The van der Waals surface area contributed by atoms with Gasteiger partial charge in [-0.1, -0.05) is 38.1 Å². The van der Waals surface area contributed by atoms with Crippen molar-refractivity contribution in [2.75, 3.05) is 13.7 Å². The van der Waals surface area contributed by atoms with Crippen LogP contribution in [0.3, 0.4) is 0 Å². The molecule has 98 valence electrons. The molecule has 3 N–H and O–H groups in total. The summed E-state index contributed by atoms with van der Waals surface area (Å²) in [5, 5.41) is 7.00. The zero-order valence-corrected chi connectivity index (χ0v) is 11.1. The van der Waals surface area contributed by atoms with Crippen molar-refractivity contribution in [2.45, 2.75) is 27.2 Å². The highest BCUT2D eigenvalue weighted by atomic mass is 16.5. The number of carbonyl (C=O) groups is 1. The summed E-state index contributed by atoms with van der Waals surface area (Å²) >= 11 is 0. The van der Waals surface area contributed by atoms with Crippen LogP contribution in [0.15, 0.2) is 24.3 Å². The van der Waals surface area contributed by atoms with Crippen LogP contribution in [0.5, 0.6) is 0 Å². The maximum absolute atomic E-state index is 10.3. The predicted molar refractivity (Wildman–Crippen MR) is 69.9 cm³/mol. The summed E-state index contributed by atoms with van der Waals surface area (Å²) in [5.74, 6) is 0. The van der Waals surface area contributed by atoms with E-state index in [0.29, 0.717) is 6.61 Å². The molecule has 1 aromatic rings. The minimum absolute atomic E-state index is 0.347. The van der Waals surface area contributed by atoms with E-state index in [1.165, 1.54) is 11.1 Å². The van der Waals surface area contributed by atoms with Gasteiger partial charge < -0.3 is 15.6 Å². The van der Waals surface area contributed by atoms with Gasteiger partial charge in [-0.3, -0.25) is 0 Å². The van der Waals surface area contributed by atoms with Gasteiger partial charge in [0.05, 0.1) is 6.61 Å². The van der Waals surface area contributed by atoms with E-state index in [1.807, 2.05) is 45.0 Å². The largest absolute Gasteiger partial charge is 0.449 e. The van der Waals surface area contributed by atoms with E-state index in [-0.39, 0.29) is 0 Å². The van der Waals surface area contributed by atoms with Crippen LogP contribution in [0, 0.1) is 6.92 Å². The lowest BCUT2D eigenvalue weighted by atomic mass is 10.1. The van der Waals surface area contributed by atoms with Crippen molar-refractivity contribution >= 4 is 6.09 Å². The first-order chi connectivity index (χ1) is 8.20. The first kappa shape index (κ1) is 17.8. The lowest BCUT2D eigenvalue weighted by Crippen LogP contribution is -2.14. The lowest BCUT2D eigenvalue weighted by Gasteiger charge is -2.04. The van der Waals surface area contributed by atoms with Gasteiger partial charge in [-0.2, -0.15) is 0 Å². The smallest absolute Gasteiger partial charge is 0.404 e. The summed E-state index contributed by atoms with van der Waals surface area (Å²) in [6, 6.07) is 7.99. The third kappa shape index (κ3) is 9.38. The van der Waals surface area contributed by atoms with E-state index in [1.54, 1.807) is 0 Å². The van der Waals surface area contributed by atoms with Crippen molar-refractivity contribution in [1.29, 1.82) is 0 Å². The van der Waals surface area contributed by atoms with Crippen LogP contribution < -0.4 is 5.73 Å². The fraction of sp³-hybridized carbons (Fsp3) is 0.462. The maximum Gasteiger partial charge on any atom is 0.404 e. The van der Waals surface area contributed by atoms with Crippen LogP contribution in [0.2, 0.25) is 0 Å². The molecule has 4 nitrogen and oxygen atoms in total. The number of aliphatic hydroxyl groups is 1. The first-order valence-electron chi connectivity index (χ1n) is 5.61. The van der Waals surface area contributed by atoms with Crippen molar-refractivity contribution in [1.82, 2.24) is 0 Å². The number of hydrogen-bond acceptors (Lipinski definition) is 3. The fourth-order valence-corrected chi connectivity index (χ4v) is 1.15. The molecule has 1 aromatic carbocycles. The number of primary amides is 1. The van der Waals surface area contributed by atoms with Gasteiger partial charge in [-0.25, -0.2) is 4.79 Å². The Balaban J connectivity index is 0. The summed E-state index contributed by atoms with van der Waals surface area (Å²) < 4.78 is 4.64. The van der Waals surface area contributed by atoms with Gasteiger partial charge in [0.2, 0.25) is 0 Å². The van der Waals surface area contributed by atoms with E-state index >= 15 is 0 Å². The topological polar surface area (TPSA) is 72.6 Å². The van der Waals surface area contributed by atoms with Crippen LogP contribution in [-0.4, -0.2) is 24.9 Å². The standard InChI is InChI=1S/C10H13NO2.C2H6.CH4O/c1-8-4-2-3-5-9(8)6-7-13-10(11)12;2*1-2/h2-5H,6-7H2,1H3,(H2,11,12);1-2H3;2H,1H3. The van der Waals surface area contributed by atoms with Crippen molar-refractivity contribution in [3.63, 3.8) is 0 Å². The second-order valence-corrected chi connectivity index (χ2v) is 2.84. The number of aryl methyl sites for hydroxylation is 1. The molecule has 0 aromatic heterocycles. The zero-order valence-electron chi connectivity index (χ0n) is 11.1. The highest BCUT2D eigenvalue weighted by Crippen LogP contribution is 2.07. The van der Waals surface area contributed by atoms with Crippen molar-refractivity contribution in [3.05, 3.63) is 35.4 Å². The predicted octanol–water partition coefficient (Wildman–Crippen LogP) is 2.27. The molecule has 0 unspecified atom stereocenters. The molecule has 0 aliphatic heterocycles. The number of rotatable bonds is 3. The van der Waals surface area contributed by atoms with Gasteiger partial charge in [-0.05, 0) is 18.1 Å². The molecule has 0 saturated carbocycles. The van der Waals surface area contributed by atoms with Crippen LogP contribution in [0.25, 0.3) is 0 Å². The van der Waals surface area contributed by atoms with Crippen LogP contribution in [-0.2, 0) is 11.2 Å². The molecule has 0 radical (unpaired) electrons.